The van der Waals surface area contributed by atoms with E-state index < -0.39 is 0 Å². The molecule has 126 valence electrons. The zero-order valence-electron chi connectivity index (χ0n) is 12.9. The van der Waals surface area contributed by atoms with E-state index in [1.807, 2.05) is 0 Å². The van der Waals surface area contributed by atoms with Crippen molar-refractivity contribution in [1.29, 1.82) is 0 Å². The minimum atomic E-state index is -0.207. The van der Waals surface area contributed by atoms with E-state index in [2.05, 4.69) is 20.8 Å². The molecule has 2 saturated heterocycles. The normalized spacial score (nSPS) is 24.4. The van der Waals surface area contributed by atoms with Crippen molar-refractivity contribution in [3.05, 3.63) is 5.51 Å². The monoisotopic (exact) mass is 339 g/mol. The number of urea groups is 1. The molecule has 0 aliphatic carbocycles. The van der Waals surface area contributed by atoms with Gasteiger partial charge in [-0.2, -0.15) is 0 Å². The van der Waals surface area contributed by atoms with E-state index in [1.165, 1.54) is 11.3 Å². The lowest BCUT2D eigenvalue weighted by atomic mass is 9.97. The second-order valence-electron chi connectivity index (χ2n) is 5.84. The van der Waals surface area contributed by atoms with E-state index >= 15 is 0 Å². The summed E-state index contributed by atoms with van der Waals surface area (Å²) in [6.45, 7) is 2.43. The largest absolute Gasteiger partial charge is 0.376 e. The Bertz CT molecular complexity index is 533. The van der Waals surface area contributed by atoms with Crippen LogP contribution < -0.4 is 10.6 Å². The SMILES string of the molecule is O=C(Nc1nncs1)[C@H]1CCCN(C(=O)NC[C@H]2CCCO2)C1. The average Bonchev–Trinajstić information content (AvgIpc) is 3.26. The topological polar surface area (TPSA) is 96.5 Å². The zero-order valence-corrected chi connectivity index (χ0v) is 13.7. The van der Waals surface area contributed by atoms with Crippen LogP contribution in [0.4, 0.5) is 9.93 Å². The van der Waals surface area contributed by atoms with Crippen LogP contribution in [-0.4, -0.2) is 59.4 Å². The fourth-order valence-corrected chi connectivity index (χ4v) is 3.38. The van der Waals surface area contributed by atoms with E-state index in [9.17, 15) is 9.59 Å². The van der Waals surface area contributed by atoms with E-state index in [0.717, 1.165) is 32.3 Å². The molecular formula is C14H21N5O3S. The summed E-state index contributed by atoms with van der Waals surface area (Å²) in [5.41, 5.74) is 1.57. The van der Waals surface area contributed by atoms with Crippen molar-refractivity contribution < 1.29 is 14.3 Å². The summed E-state index contributed by atoms with van der Waals surface area (Å²) in [6.07, 6.45) is 3.77. The van der Waals surface area contributed by atoms with Crippen LogP contribution in [0.3, 0.4) is 0 Å². The fraction of sp³-hybridized carbons (Fsp3) is 0.714. The van der Waals surface area contributed by atoms with Crippen LogP contribution in [0.5, 0.6) is 0 Å². The van der Waals surface area contributed by atoms with Gasteiger partial charge in [0, 0.05) is 26.2 Å². The smallest absolute Gasteiger partial charge is 0.317 e. The Balaban J connectivity index is 1.46. The number of anilines is 1. The molecule has 3 heterocycles. The summed E-state index contributed by atoms with van der Waals surface area (Å²) in [4.78, 5) is 26.2. The Morgan fingerprint density at radius 3 is 3.04 bits per heavy atom. The van der Waals surface area contributed by atoms with Gasteiger partial charge in [-0.1, -0.05) is 11.3 Å². The van der Waals surface area contributed by atoms with Crippen molar-refractivity contribution in [2.24, 2.45) is 5.92 Å². The van der Waals surface area contributed by atoms with Crippen LogP contribution in [0.15, 0.2) is 5.51 Å². The van der Waals surface area contributed by atoms with E-state index in [1.54, 1.807) is 10.4 Å². The predicted octanol–water partition coefficient (Wildman–Crippen LogP) is 1.08. The number of likely N-dealkylation sites (tertiary alicyclic amines) is 1. The molecular weight excluding hydrogens is 318 g/mol. The number of hydrogen-bond donors (Lipinski definition) is 2. The van der Waals surface area contributed by atoms with Crippen LogP contribution in [0.2, 0.25) is 0 Å². The van der Waals surface area contributed by atoms with E-state index in [4.69, 9.17) is 4.74 Å². The number of amides is 3. The number of ether oxygens (including phenoxy) is 1. The molecule has 2 N–H and O–H groups in total. The van der Waals surface area contributed by atoms with E-state index in [-0.39, 0.29) is 24.0 Å². The van der Waals surface area contributed by atoms with Gasteiger partial charge >= 0.3 is 6.03 Å². The summed E-state index contributed by atoms with van der Waals surface area (Å²) >= 11 is 1.28. The number of rotatable bonds is 4. The Hall–Kier alpha value is -1.74. The van der Waals surface area contributed by atoms with Gasteiger partial charge in [-0.25, -0.2) is 4.79 Å². The third kappa shape index (κ3) is 4.38. The lowest BCUT2D eigenvalue weighted by Crippen LogP contribution is -2.49. The highest BCUT2D eigenvalue weighted by Crippen LogP contribution is 2.19. The standard InChI is InChI=1S/C14H21N5O3S/c20-12(17-13-18-16-9-23-13)10-3-1-5-19(8-10)14(21)15-7-11-4-2-6-22-11/h9-11H,1-8H2,(H,15,21)(H,17,18,20)/t10-,11+/m0/s1. The first kappa shape index (κ1) is 16.1. The lowest BCUT2D eigenvalue weighted by molar-refractivity contribution is -0.121. The highest BCUT2D eigenvalue weighted by molar-refractivity contribution is 7.13. The third-order valence-electron chi connectivity index (χ3n) is 4.17. The molecule has 0 spiro atoms. The molecule has 1 aromatic rings. The number of nitrogens with zero attached hydrogens (tertiary/aromatic N) is 3. The maximum atomic E-state index is 12.3. The van der Waals surface area contributed by atoms with Crippen LogP contribution in [0.25, 0.3) is 0 Å². The minimum Gasteiger partial charge on any atom is -0.376 e. The molecule has 9 heteroatoms. The molecule has 3 rings (SSSR count). The van der Waals surface area contributed by atoms with Gasteiger partial charge in [-0.05, 0) is 25.7 Å². The van der Waals surface area contributed by atoms with Gasteiger partial charge in [0.05, 0.1) is 12.0 Å². The molecule has 0 aromatic carbocycles. The van der Waals surface area contributed by atoms with Gasteiger partial charge in [-0.15, -0.1) is 10.2 Å². The summed E-state index contributed by atoms with van der Waals surface area (Å²) in [7, 11) is 0. The molecule has 2 atom stereocenters. The molecule has 8 nitrogen and oxygen atoms in total. The second-order valence-corrected chi connectivity index (χ2v) is 6.67. The zero-order chi connectivity index (χ0) is 16.1. The van der Waals surface area contributed by atoms with Gasteiger partial charge in [0.2, 0.25) is 11.0 Å². The first-order valence-corrected chi connectivity index (χ1v) is 8.82. The first-order valence-electron chi connectivity index (χ1n) is 7.94. The maximum Gasteiger partial charge on any atom is 0.317 e. The second kappa shape index (κ2) is 7.69. The Labute approximate surface area is 138 Å². The number of carbonyl (C=O) groups excluding carboxylic acids is 2. The Morgan fingerprint density at radius 2 is 2.30 bits per heavy atom. The van der Waals surface area contributed by atoms with Crippen molar-refractivity contribution in [3.63, 3.8) is 0 Å². The predicted molar refractivity (Wildman–Crippen MR) is 85.2 cm³/mol. The number of nitrogens with one attached hydrogen (secondary N) is 2. The average molecular weight is 339 g/mol. The number of aromatic nitrogens is 2. The van der Waals surface area contributed by atoms with Crippen molar-refractivity contribution in [1.82, 2.24) is 20.4 Å². The van der Waals surface area contributed by atoms with Gasteiger partial charge in [0.1, 0.15) is 5.51 Å². The number of carbonyl (C=O) groups is 2. The summed E-state index contributed by atoms with van der Waals surface area (Å²) in [6, 6.07) is -0.117. The molecule has 2 fully saturated rings. The molecule has 3 amide bonds. The van der Waals surface area contributed by atoms with Gasteiger partial charge in [-0.3, -0.25) is 4.79 Å². The van der Waals surface area contributed by atoms with Crippen molar-refractivity contribution in [2.75, 3.05) is 31.6 Å². The number of hydrogen-bond acceptors (Lipinski definition) is 6. The number of piperidine rings is 1. The van der Waals surface area contributed by atoms with Crippen LogP contribution in [0.1, 0.15) is 25.7 Å². The first-order chi connectivity index (χ1) is 11.2. The molecule has 2 aliphatic heterocycles. The van der Waals surface area contributed by atoms with Crippen molar-refractivity contribution in [3.8, 4) is 0 Å². The van der Waals surface area contributed by atoms with Crippen LogP contribution in [0, 0.1) is 5.92 Å². The van der Waals surface area contributed by atoms with Gasteiger partial charge in [0.25, 0.3) is 0 Å². The molecule has 1 aromatic heterocycles. The molecule has 0 saturated carbocycles. The minimum absolute atomic E-state index is 0.0987. The van der Waals surface area contributed by atoms with E-state index in [0.29, 0.717) is 24.8 Å². The molecule has 0 bridgehead atoms. The molecule has 0 unspecified atom stereocenters. The van der Waals surface area contributed by atoms with Gasteiger partial charge in [0.15, 0.2) is 0 Å². The summed E-state index contributed by atoms with van der Waals surface area (Å²) in [5, 5.41) is 13.7. The highest BCUT2D eigenvalue weighted by atomic mass is 32.1. The fourth-order valence-electron chi connectivity index (χ4n) is 2.93. The Morgan fingerprint density at radius 1 is 1.39 bits per heavy atom. The molecule has 23 heavy (non-hydrogen) atoms. The van der Waals surface area contributed by atoms with Crippen LogP contribution >= 0.6 is 11.3 Å². The third-order valence-corrected chi connectivity index (χ3v) is 4.78. The Kier molecular flexibility index (Phi) is 5.39. The quantitative estimate of drug-likeness (QED) is 0.855. The van der Waals surface area contributed by atoms with Crippen molar-refractivity contribution in [2.45, 2.75) is 31.8 Å². The van der Waals surface area contributed by atoms with Crippen molar-refractivity contribution >= 4 is 28.4 Å². The molecule has 2 aliphatic rings. The maximum absolute atomic E-state index is 12.3. The van der Waals surface area contributed by atoms with Crippen LogP contribution in [-0.2, 0) is 9.53 Å². The summed E-state index contributed by atoms with van der Waals surface area (Å²) in [5.74, 6) is -0.306. The highest BCUT2D eigenvalue weighted by Gasteiger charge is 2.29. The summed E-state index contributed by atoms with van der Waals surface area (Å²) < 4.78 is 5.50. The molecule has 0 radical (unpaired) electrons. The lowest BCUT2D eigenvalue weighted by Gasteiger charge is -2.32. The van der Waals surface area contributed by atoms with Gasteiger partial charge < -0.3 is 20.3 Å².